The number of rotatable bonds is 3. The van der Waals surface area contributed by atoms with Gasteiger partial charge in [-0.15, -0.1) is 0 Å². The van der Waals surface area contributed by atoms with Crippen molar-refractivity contribution in [2.24, 2.45) is 0 Å². The molecule has 19 heavy (non-hydrogen) atoms. The Balaban J connectivity index is 1.94. The number of nitrogens with two attached hydrogens (primary N) is 1. The highest BCUT2D eigenvalue weighted by atomic mass is 16.2. The van der Waals surface area contributed by atoms with Crippen LogP contribution in [0.25, 0.3) is 0 Å². The molecule has 1 aromatic heterocycles. The Hall–Kier alpha value is -2.56. The summed E-state index contributed by atoms with van der Waals surface area (Å²) >= 11 is 0. The number of hydrogen-bond acceptors (Lipinski definition) is 3. The molecule has 0 aliphatic rings. The van der Waals surface area contributed by atoms with Crippen molar-refractivity contribution in [3.05, 3.63) is 54.4 Å². The molecule has 1 heterocycles. The largest absolute Gasteiger partial charge is 0.399 e. The van der Waals surface area contributed by atoms with Crippen molar-refractivity contribution >= 4 is 17.4 Å². The van der Waals surface area contributed by atoms with Crippen LogP contribution in [-0.2, 0) is 6.54 Å². The van der Waals surface area contributed by atoms with Crippen LogP contribution >= 0.6 is 0 Å². The number of anilines is 2. The molecule has 0 radical (unpaired) electrons. The molecule has 1 aromatic carbocycles. The lowest BCUT2D eigenvalue weighted by Crippen LogP contribution is -2.31. The van der Waals surface area contributed by atoms with Crippen molar-refractivity contribution in [2.75, 3.05) is 18.1 Å². The maximum absolute atomic E-state index is 12.0. The maximum atomic E-state index is 12.0. The Morgan fingerprint density at radius 2 is 2.00 bits per heavy atom. The predicted molar refractivity (Wildman–Crippen MR) is 75.6 cm³/mol. The molecule has 3 N–H and O–H groups in total. The molecule has 0 atom stereocenters. The standard InChI is InChI=1S/C14H16N4O/c1-18(10-13-4-2-3-9-16-13)14(19)17-12-7-5-11(15)6-8-12/h2-9H,10,15H2,1H3,(H,17,19). The molecule has 0 unspecified atom stereocenters. The summed E-state index contributed by atoms with van der Waals surface area (Å²) in [6.07, 6.45) is 1.71. The van der Waals surface area contributed by atoms with Gasteiger partial charge < -0.3 is 16.0 Å². The number of carbonyl (C=O) groups excluding carboxylic acids is 1. The fourth-order valence-corrected chi connectivity index (χ4v) is 1.59. The van der Waals surface area contributed by atoms with Gasteiger partial charge >= 0.3 is 6.03 Å². The Labute approximate surface area is 112 Å². The van der Waals surface area contributed by atoms with Crippen molar-refractivity contribution in [1.82, 2.24) is 9.88 Å². The summed E-state index contributed by atoms with van der Waals surface area (Å²) in [4.78, 5) is 17.7. The molecule has 0 bridgehead atoms. The molecule has 0 fully saturated rings. The number of nitrogens with zero attached hydrogens (tertiary/aromatic N) is 2. The van der Waals surface area contributed by atoms with Gasteiger partial charge in [0.2, 0.25) is 0 Å². The summed E-state index contributed by atoms with van der Waals surface area (Å²) in [5.41, 5.74) is 7.81. The first kappa shape index (κ1) is 12.9. The number of urea groups is 1. The van der Waals surface area contributed by atoms with Crippen molar-refractivity contribution < 1.29 is 4.79 Å². The number of pyridine rings is 1. The highest BCUT2D eigenvalue weighted by Crippen LogP contribution is 2.11. The summed E-state index contributed by atoms with van der Waals surface area (Å²) < 4.78 is 0. The van der Waals surface area contributed by atoms with Crippen LogP contribution in [0.2, 0.25) is 0 Å². The fraction of sp³-hybridized carbons (Fsp3) is 0.143. The number of hydrogen-bond donors (Lipinski definition) is 2. The van der Waals surface area contributed by atoms with E-state index >= 15 is 0 Å². The van der Waals surface area contributed by atoms with Crippen molar-refractivity contribution in [3.8, 4) is 0 Å². The second-order valence-electron chi connectivity index (χ2n) is 4.23. The van der Waals surface area contributed by atoms with Gasteiger partial charge in [0.15, 0.2) is 0 Å². The van der Waals surface area contributed by atoms with Gasteiger partial charge in [0, 0.05) is 24.6 Å². The van der Waals surface area contributed by atoms with Gasteiger partial charge in [-0.2, -0.15) is 0 Å². The topological polar surface area (TPSA) is 71.2 Å². The first-order valence-electron chi connectivity index (χ1n) is 5.93. The Bertz CT molecular complexity index is 539. The quantitative estimate of drug-likeness (QED) is 0.828. The monoisotopic (exact) mass is 256 g/mol. The molecule has 5 heteroatoms. The summed E-state index contributed by atoms with van der Waals surface area (Å²) in [6, 6.07) is 12.5. The smallest absolute Gasteiger partial charge is 0.321 e. The van der Waals surface area contributed by atoms with E-state index in [0.29, 0.717) is 17.9 Å². The number of carbonyl (C=O) groups is 1. The molecule has 2 aromatic rings. The van der Waals surface area contributed by atoms with E-state index in [0.717, 1.165) is 5.69 Å². The zero-order chi connectivity index (χ0) is 13.7. The van der Waals surface area contributed by atoms with Crippen LogP contribution < -0.4 is 11.1 Å². The molecule has 2 amide bonds. The summed E-state index contributed by atoms with van der Waals surface area (Å²) in [5.74, 6) is 0. The van der Waals surface area contributed by atoms with Gasteiger partial charge in [-0.1, -0.05) is 6.07 Å². The minimum absolute atomic E-state index is 0.185. The zero-order valence-corrected chi connectivity index (χ0v) is 10.7. The molecule has 0 aliphatic heterocycles. The van der Waals surface area contributed by atoms with Crippen LogP contribution in [0.3, 0.4) is 0 Å². The zero-order valence-electron chi connectivity index (χ0n) is 10.7. The molecule has 0 spiro atoms. The minimum atomic E-state index is -0.185. The second-order valence-corrected chi connectivity index (χ2v) is 4.23. The van der Waals surface area contributed by atoms with Gasteiger partial charge in [-0.05, 0) is 36.4 Å². The molecular weight excluding hydrogens is 240 g/mol. The lowest BCUT2D eigenvalue weighted by Gasteiger charge is -2.17. The maximum Gasteiger partial charge on any atom is 0.321 e. The Morgan fingerprint density at radius 3 is 2.63 bits per heavy atom. The highest BCUT2D eigenvalue weighted by molar-refractivity contribution is 5.89. The average molecular weight is 256 g/mol. The van der Waals surface area contributed by atoms with E-state index < -0.39 is 0 Å². The number of benzene rings is 1. The van der Waals surface area contributed by atoms with Crippen LogP contribution in [0.4, 0.5) is 16.2 Å². The third-order valence-electron chi connectivity index (χ3n) is 2.63. The van der Waals surface area contributed by atoms with E-state index in [9.17, 15) is 4.79 Å². The van der Waals surface area contributed by atoms with Crippen LogP contribution in [0, 0.1) is 0 Å². The van der Waals surface area contributed by atoms with Crippen LogP contribution in [0.15, 0.2) is 48.7 Å². The molecule has 98 valence electrons. The summed E-state index contributed by atoms with van der Waals surface area (Å²) in [6.45, 7) is 0.460. The van der Waals surface area contributed by atoms with E-state index in [1.807, 2.05) is 18.2 Å². The Kier molecular flexibility index (Phi) is 3.97. The lowest BCUT2D eigenvalue weighted by atomic mass is 10.3. The van der Waals surface area contributed by atoms with E-state index in [-0.39, 0.29) is 6.03 Å². The molecule has 5 nitrogen and oxygen atoms in total. The molecule has 0 saturated heterocycles. The van der Waals surface area contributed by atoms with Gasteiger partial charge in [-0.3, -0.25) is 4.98 Å². The van der Waals surface area contributed by atoms with Gasteiger partial charge in [0.25, 0.3) is 0 Å². The highest BCUT2D eigenvalue weighted by Gasteiger charge is 2.09. The van der Waals surface area contributed by atoms with Gasteiger partial charge in [0.1, 0.15) is 0 Å². The number of nitrogen functional groups attached to an aromatic ring is 1. The van der Waals surface area contributed by atoms with Crippen LogP contribution in [0.1, 0.15) is 5.69 Å². The number of nitrogens with one attached hydrogen (secondary N) is 1. The molecule has 2 rings (SSSR count). The van der Waals surface area contributed by atoms with Crippen LogP contribution in [-0.4, -0.2) is 23.0 Å². The average Bonchev–Trinajstić information content (AvgIpc) is 2.42. The SMILES string of the molecule is CN(Cc1ccccn1)C(=O)Nc1ccc(N)cc1. The number of aromatic nitrogens is 1. The fourth-order valence-electron chi connectivity index (χ4n) is 1.59. The summed E-state index contributed by atoms with van der Waals surface area (Å²) in [5, 5.41) is 2.79. The van der Waals surface area contributed by atoms with E-state index in [1.54, 1.807) is 42.4 Å². The first-order chi connectivity index (χ1) is 9.15. The van der Waals surface area contributed by atoms with E-state index in [2.05, 4.69) is 10.3 Å². The van der Waals surface area contributed by atoms with E-state index in [1.165, 1.54) is 0 Å². The van der Waals surface area contributed by atoms with Crippen molar-refractivity contribution in [2.45, 2.75) is 6.54 Å². The van der Waals surface area contributed by atoms with Gasteiger partial charge in [-0.25, -0.2) is 4.79 Å². The normalized spacial score (nSPS) is 9.95. The lowest BCUT2D eigenvalue weighted by molar-refractivity contribution is 0.220. The predicted octanol–water partition coefficient (Wildman–Crippen LogP) is 2.33. The van der Waals surface area contributed by atoms with Crippen molar-refractivity contribution in [3.63, 3.8) is 0 Å². The molecule has 0 saturated carbocycles. The minimum Gasteiger partial charge on any atom is -0.399 e. The molecule has 0 aliphatic carbocycles. The number of amides is 2. The third-order valence-corrected chi connectivity index (χ3v) is 2.63. The van der Waals surface area contributed by atoms with Gasteiger partial charge in [0.05, 0.1) is 12.2 Å². The first-order valence-corrected chi connectivity index (χ1v) is 5.93. The van der Waals surface area contributed by atoms with Crippen molar-refractivity contribution in [1.29, 1.82) is 0 Å². The second kappa shape index (κ2) is 5.86. The molecular formula is C14H16N4O. The van der Waals surface area contributed by atoms with E-state index in [4.69, 9.17) is 5.73 Å². The van der Waals surface area contributed by atoms with Crippen LogP contribution in [0.5, 0.6) is 0 Å². The summed E-state index contributed by atoms with van der Waals surface area (Å²) in [7, 11) is 1.72. The Morgan fingerprint density at radius 1 is 1.26 bits per heavy atom. The third kappa shape index (κ3) is 3.70.